The van der Waals surface area contributed by atoms with Gasteiger partial charge in [0.2, 0.25) is 5.88 Å². The van der Waals surface area contributed by atoms with Crippen LogP contribution in [-0.4, -0.2) is 22.4 Å². The molecule has 0 saturated carbocycles. The molecule has 0 fully saturated rings. The summed E-state index contributed by atoms with van der Waals surface area (Å²) in [7, 11) is 1.53. The molecule has 0 amide bonds. The Morgan fingerprint density at radius 2 is 1.65 bits per heavy atom. The van der Waals surface area contributed by atoms with E-state index in [0.717, 1.165) is 16.5 Å². The van der Waals surface area contributed by atoms with Crippen molar-refractivity contribution >= 4 is 10.9 Å². The standard InChI is InChI=1S/C16H14N2O2/c1-20-16-14(15(19)11-7-3-2-4-8-11)12-9-5-6-10-13(12)17-18-16/h2-10,15,19H,1H3. The van der Waals surface area contributed by atoms with Gasteiger partial charge in [0.1, 0.15) is 6.10 Å². The van der Waals surface area contributed by atoms with Gasteiger partial charge in [-0.3, -0.25) is 0 Å². The molecule has 0 aliphatic rings. The third kappa shape index (κ3) is 2.10. The second-order valence-electron chi connectivity index (χ2n) is 4.45. The van der Waals surface area contributed by atoms with E-state index in [1.165, 1.54) is 7.11 Å². The average Bonchev–Trinajstić information content (AvgIpc) is 2.54. The topological polar surface area (TPSA) is 55.2 Å². The number of rotatable bonds is 3. The van der Waals surface area contributed by atoms with E-state index in [0.29, 0.717) is 11.4 Å². The summed E-state index contributed by atoms with van der Waals surface area (Å²) in [5, 5.41) is 19.6. The van der Waals surface area contributed by atoms with E-state index in [4.69, 9.17) is 4.74 Å². The van der Waals surface area contributed by atoms with Crippen LogP contribution in [0.3, 0.4) is 0 Å². The maximum atomic E-state index is 10.7. The molecule has 0 aliphatic heterocycles. The largest absolute Gasteiger partial charge is 0.480 e. The quantitative estimate of drug-likeness (QED) is 0.792. The fraction of sp³-hybridized carbons (Fsp3) is 0.125. The minimum Gasteiger partial charge on any atom is -0.480 e. The highest BCUT2D eigenvalue weighted by atomic mass is 16.5. The Morgan fingerprint density at radius 1 is 0.950 bits per heavy atom. The van der Waals surface area contributed by atoms with Crippen molar-refractivity contribution in [2.24, 2.45) is 0 Å². The van der Waals surface area contributed by atoms with Crippen LogP contribution in [0.1, 0.15) is 17.2 Å². The lowest BCUT2D eigenvalue weighted by atomic mass is 9.99. The van der Waals surface area contributed by atoms with Crippen molar-refractivity contribution in [3.63, 3.8) is 0 Å². The van der Waals surface area contributed by atoms with Crippen LogP contribution in [-0.2, 0) is 0 Å². The molecule has 4 heteroatoms. The first-order chi connectivity index (χ1) is 9.81. The molecule has 1 atom stereocenters. The highest BCUT2D eigenvalue weighted by Crippen LogP contribution is 2.33. The second-order valence-corrected chi connectivity index (χ2v) is 4.45. The molecular weight excluding hydrogens is 252 g/mol. The number of hydrogen-bond acceptors (Lipinski definition) is 4. The van der Waals surface area contributed by atoms with Crippen LogP contribution in [0.5, 0.6) is 5.88 Å². The lowest BCUT2D eigenvalue weighted by molar-refractivity contribution is 0.214. The lowest BCUT2D eigenvalue weighted by Crippen LogP contribution is -2.06. The van der Waals surface area contributed by atoms with Crippen LogP contribution in [0.25, 0.3) is 10.9 Å². The molecule has 1 N–H and O–H groups in total. The highest BCUT2D eigenvalue weighted by Gasteiger charge is 2.20. The molecule has 20 heavy (non-hydrogen) atoms. The van der Waals surface area contributed by atoms with Gasteiger partial charge < -0.3 is 9.84 Å². The molecule has 3 aromatic rings. The Morgan fingerprint density at radius 3 is 2.40 bits per heavy atom. The van der Waals surface area contributed by atoms with E-state index in [-0.39, 0.29) is 0 Å². The molecule has 0 spiro atoms. The monoisotopic (exact) mass is 266 g/mol. The summed E-state index contributed by atoms with van der Waals surface area (Å²) in [6, 6.07) is 17.0. The number of aliphatic hydroxyl groups excluding tert-OH is 1. The van der Waals surface area contributed by atoms with Crippen LogP contribution in [0.2, 0.25) is 0 Å². The smallest absolute Gasteiger partial charge is 0.240 e. The Balaban J connectivity index is 2.23. The summed E-state index contributed by atoms with van der Waals surface area (Å²) in [4.78, 5) is 0. The van der Waals surface area contributed by atoms with E-state index >= 15 is 0 Å². The van der Waals surface area contributed by atoms with E-state index in [2.05, 4.69) is 10.2 Å². The van der Waals surface area contributed by atoms with Crippen molar-refractivity contribution in [1.82, 2.24) is 10.2 Å². The van der Waals surface area contributed by atoms with Crippen LogP contribution in [0.15, 0.2) is 54.6 Å². The molecule has 1 unspecified atom stereocenters. The summed E-state index contributed by atoms with van der Waals surface area (Å²) >= 11 is 0. The summed E-state index contributed by atoms with van der Waals surface area (Å²) in [5.41, 5.74) is 2.17. The summed E-state index contributed by atoms with van der Waals surface area (Å²) in [6.45, 7) is 0. The van der Waals surface area contributed by atoms with Gasteiger partial charge in [0.05, 0.1) is 18.2 Å². The molecule has 0 bridgehead atoms. The van der Waals surface area contributed by atoms with Gasteiger partial charge in [0.25, 0.3) is 0 Å². The van der Waals surface area contributed by atoms with Gasteiger partial charge in [-0.1, -0.05) is 48.5 Å². The number of aromatic nitrogens is 2. The van der Waals surface area contributed by atoms with Gasteiger partial charge >= 0.3 is 0 Å². The Hall–Kier alpha value is -2.46. The molecule has 0 aliphatic carbocycles. The maximum absolute atomic E-state index is 10.7. The fourth-order valence-corrected chi connectivity index (χ4v) is 2.27. The van der Waals surface area contributed by atoms with Crippen LogP contribution in [0.4, 0.5) is 0 Å². The summed E-state index contributed by atoms with van der Waals surface area (Å²) < 4.78 is 5.26. The van der Waals surface area contributed by atoms with Crippen molar-refractivity contribution in [2.45, 2.75) is 6.10 Å². The predicted octanol–water partition coefficient (Wildman–Crippen LogP) is 2.72. The zero-order chi connectivity index (χ0) is 13.9. The second kappa shape index (κ2) is 5.27. The summed E-state index contributed by atoms with van der Waals surface area (Å²) in [6.07, 6.45) is -0.799. The molecule has 1 aromatic heterocycles. The minimum absolute atomic E-state index is 0.347. The zero-order valence-corrected chi connectivity index (χ0v) is 11.0. The van der Waals surface area contributed by atoms with Crippen LogP contribution < -0.4 is 4.74 Å². The molecule has 2 aromatic carbocycles. The summed E-state index contributed by atoms with van der Waals surface area (Å²) in [5.74, 6) is 0.347. The van der Waals surface area contributed by atoms with Crippen LogP contribution >= 0.6 is 0 Å². The minimum atomic E-state index is -0.799. The predicted molar refractivity (Wildman–Crippen MR) is 76.6 cm³/mol. The first kappa shape index (κ1) is 12.6. The van der Waals surface area contributed by atoms with Crippen LogP contribution in [0, 0.1) is 0 Å². The molecule has 4 nitrogen and oxygen atoms in total. The Bertz CT molecular complexity index is 729. The van der Waals surface area contributed by atoms with Gasteiger partial charge in [-0.05, 0) is 11.6 Å². The molecule has 0 saturated heterocycles. The number of ether oxygens (including phenoxy) is 1. The van der Waals surface area contributed by atoms with Crippen molar-refractivity contribution in [1.29, 1.82) is 0 Å². The molecule has 3 rings (SSSR count). The van der Waals surface area contributed by atoms with Crippen molar-refractivity contribution < 1.29 is 9.84 Å². The number of benzene rings is 2. The highest BCUT2D eigenvalue weighted by molar-refractivity contribution is 5.83. The van der Waals surface area contributed by atoms with E-state index < -0.39 is 6.10 Å². The number of methoxy groups -OCH3 is 1. The average molecular weight is 266 g/mol. The van der Waals surface area contributed by atoms with Crippen molar-refractivity contribution in [3.05, 3.63) is 65.7 Å². The first-order valence-electron chi connectivity index (χ1n) is 6.33. The molecule has 1 heterocycles. The molecule has 0 radical (unpaired) electrons. The van der Waals surface area contributed by atoms with Gasteiger partial charge in [-0.25, -0.2) is 0 Å². The van der Waals surface area contributed by atoms with Gasteiger partial charge in [0.15, 0.2) is 0 Å². The van der Waals surface area contributed by atoms with E-state index in [9.17, 15) is 5.11 Å². The first-order valence-corrected chi connectivity index (χ1v) is 6.33. The van der Waals surface area contributed by atoms with Gasteiger partial charge in [-0.2, -0.15) is 0 Å². The molecular formula is C16H14N2O2. The third-order valence-electron chi connectivity index (χ3n) is 3.26. The maximum Gasteiger partial charge on any atom is 0.240 e. The van der Waals surface area contributed by atoms with Gasteiger partial charge in [-0.15, -0.1) is 10.2 Å². The van der Waals surface area contributed by atoms with Crippen molar-refractivity contribution in [3.8, 4) is 5.88 Å². The lowest BCUT2D eigenvalue weighted by Gasteiger charge is -2.16. The molecule has 100 valence electrons. The fourth-order valence-electron chi connectivity index (χ4n) is 2.27. The number of aliphatic hydroxyl groups is 1. The Kier molecular flexibility index (Phi) is 3.31. The van der Waals surface area contributed by atoms with E-state index in [1.54, 1.807) is 0 Å². The zero-order valence-electron chi connectivity index (χ0n) is 11.0. The Labute approximate surface area is 116 Å². The van der Waals surface area contributed by atoms with E-state index in [1.807, 2.05) is 54.6 Å². The number of nitrogens with zero attached hydrogens (tertiary/aromatic N) is 2. The third-order valence-corrected chi connectivity index (χ3v) is 3.26. The van der Waals surface area contributed by atoms with Gasteiger partial charge in [0, 0.05) is 5.39 Å². The SMILES string of the molecule is COc1nnc2ccccc2c1C(O)c1ccccc1. The number of hydrogen-bond donors (Lipinski definition) is 1. The van der Waals surface area contributed by atoms with Crippen molar-refractivity contribution in [2.75, 3.05) is 7.11 Å². The number of fused-ring (bicyclic) bond motifs is 1. The normalized spacial score (nSPS) is 12.3.